The van der Waals surface area contributed by atoms with Crippen molar-refractivity contribution >= 4 is 44.2 Å². The lowest BCUT2D eigenvalue weighted by Crippen LogP contribution is -1.92. The number of anilines is 1. The first-order valence-corrected chi connectivity index (χ1v) is 7.34. The van der Waals surface area contributed by atoms with Crippen molar-refractivity contribution in [3.63, 3.8) is 0 Å². The predicted octanol–water partition coefficient (Wildman–Crippen LogP) is 5.05. The highest BCUT2D eigenvalue weighted by molar-refractivity contribution is 14.1. The second-order valence-corrected chi connectivity index (χ2v) is 6.12. The molecule has 0 amide bonds. The van der Waals surface area contributed by atoms with Gasteiger partial charge in [-0.3, -0.25) is 0 Å². The van der Waals surface area contributed by atoms with Gasteiger partial charge in [-0.05, 0) is 77.9 Å². The molecular weight excluding hydrogens is 405 g/mol. The Labute approximate surface area is 129 Å². The fourth-order valence-electron chi connectivity index (χ4n) is 1.69. The molecule has 0 aliphatic rings. The minimum absolute atomic E-state index is 0.745. The lowest BCUT2D eigenvalue weighted by molar-refractivity contribution is 0.478. The number of hydrogen-bond acceptors (Lipinski definition) is 2. The van der Waals surface area contributed by atoms with Crippen LogP contribution < -0.4 is 10.5 Å². The highest BCUT2D eigenvalue weighted by Crippen LogP contribution is 2.32. The molecule has 18 heavy (non-hydrogen) atoms. The Morgan fingerprint density at radius 3 is 2.28 bits per heavy atom. The van der Waals surface area contributed by atoms with E-state index in [2.05, 4.69) is 52.4 Å². The Bertz CT molecular complexity index is 575. The van der Waals surface area contributed by atoms with Crippen molar-refractivity contribution in [3.8, 4) is 11.5 Å². The molecule has 2 N–H and O–H groups in total. The van der Waals surface area contributed by atoms with Gasteiger partial charge in [0.2, 0.25) is 0 Å². The van der Waals surface area contributed by atoms with E-state index in [9.17, 15) is 0 Å². The van der Waals surface area contributed by atoms with Crippen LogP contribution in [0, 0.1) is 17.4 Å². The molecule has 0 aliphatic heterocycles. The number of nitrogen functional groups attached to an aromatic ring is 1. The van der Waals surface area contributed by atoms with E-state index in [0.717, 1.165) is 36.4 Å². The summed E-state index contributed by atoms with van der Waals surface area (Å²) in [5.74, 6) is 1.67. The zero-order valence-corrected chi connectivity index (χ0v) is 13.9. The average Bonchev–Trinajstić information content (AvgIpc) is 2.29. The minimum atomic E-state index is 0.745. The number of aryl methyl sites for hydroxylation is 2. The third kappa shape index (κ3) is 2.98. The highest BCUT2D eigenvalue weighted by Gasteiger charge is 2.06. The van der Waals surface area contributed by atoms with Gasteiger partial charge in [-0.2, -0.15) is 0 Å². The Morgan fingerprint density at radius 1 is 1.11 bits per heavy atom. The second kappa shape index (κ2) is 5.48. The molecule has 0 aromatic heterocycles. The van der Waals surface area contributed by atoms with Gasteiger partial charge in [0, 0.05) is 10.2 Å². The molecule has 2 aromatic rings. The van der Waals surface area contributed by atoms with Crippen molar-refractivity contribution in [2.24, 2.45) is 0 Å². The monoisotopic (exact) mass is 417 g/mol. The Hall–Kier alpha value is -0.750. The predicted molar refractivity (Wildman–Crippen MR) is 87.3 cm³/mol. The van der Waals surface area contributed by atoms with Gasteiger partial charge in [0.15, 0.2) is 0 Å². The molecule has 2 rings (SSSR count). The summed E-state index contributed by atoms with van der Waals surface area (Å²) >= 11 is 5.77. The van der Waals surface area contributed by atoms with Gasteiger partial charge in [-0.1, -0.05) is 15.9 Å². The van der Waals surface area contributed by atoms with Crippen LogP contribution in [-0.4, -0.2) is 0 Å². The number of halogens is 2. The van der Waals surface area contributed by atoms with Gasteiger partial charge in [0.1, 0.15) is 11.5 Å². The Balaban J connectivity index is 2.34. The Morgan fingerprint density at radius 2 is 1.72 bits per heavy atom. The molecule has 0 saturated heterocycles. The third-order valence-electron chi connectivity index (χ3n) is 2.59. The van der Waals surface area contributed by atoms with Crippen molar-refractivity contribution < 1.29 is 4.74 Å². The second-order valence-electron chi connectivity index (χ2n) is 4.16. The molecule has 4 heteroatoms. The Kier molecular flexibility index (Phi) is 4.17. The van der Waals surface area contributed by atoms with Crippen LogP contribution >= 0.6 is 38.5 Å². The normalized spacial score (nSPS) is 10.4. The number of nitrogens with two attached hydrogens (primary N) is 1. The van der Waals surface area contributed by atoms with Crippen LogP contribution in [0.15, 0.2) is 34.8 Å². The first kappa shape index (κ1) is 13.7. The summed E-state index contributed by atoms with van der Waals surface area (Å²) in [7, 11) is 0. The molecule has 0 heterocycles. The maximum absolute atomic E-state index is 5.90. The molecule has 0 radical (unpaired) electrons. The molecule has 0 aliphatic carbocycles. The van der Waals surface area contributed by atoms with Gasteiger partial charge in [0.05, 0.1) is 3.57 Å². The smallest absolute Gasteiger partial charge is 0.140 e. The number of hydrogen-bond donors (Lipinski definition) is 1. The molecule has 0 unspecified atom stereocenters. The first-order chi connectivity index (χ1) is 8.47. The van der Waals surface area contributed by atoms with Crippen LogP contribution in [0.4, 0.5) is 5.69 Å². The molecule has 0 atom stereocenters. The molecule has 0 saturated carbocycles. The molecule has 0 fully saturated rings. The molecule has 94 valence electrons. The van der Waals surface area contributed by atoms with Crippen molar-refractivity contribution in [1.82, 2.24) is 0 Å². The lowest BCUT2D eigenvalue weighted by Gasteiger charge is -2.11. The van der Waals surface area contributed by atoms with Crippen LogP contribution in [0.3, 0.4) is 0 Å². The highest BCUT2D eigenvalue weighted by atomic mass is 127. The number of rotatable bonds is 2. The van der Waals surface area contributed by atoms with Gasteiger partial charge >= 0.3 is 0 Å². The van der Waals surface area contributed by atoms with Crippen molar-refractivity contribution in [2.45, 2.75) is 13.8 Å². The van der Waals surface area contributed by atoms with E-state index < -0.39 is 0 Å². The summed E-state index contributed by atoms with van der Waals surface area (Å²) in [5.41, 5.74) is 8.79. The summed E-state index contributed by atoms with van der Waals surface area (Å²) < 4.78 is 8.03. The summed E-state index contributed by atoms with van der Waals surface area (Å²) in [5, 5.41) is 0. The van der Waals surface area contributed by atoms with Gasteiger partial charge in [-0.25, -0.2) is 0 Å². The average molecular weight is 418 g/mol. The van der Waals surface area contributed by atoms with Crippen LogP contribution in [0.5, 0.6) is 11.5 Å². The SMILES string of the molecule is Cc1cc(Oc2ccc(N)cc2I)cc(C)c1Br. The fraction of sp³-hybridized carbons (Fsp3) is 0.143. The van der Waals surface area contributed by atoms with E-state index >= 15 is 0 Å². The van der Waals surface area contributed by atoms with E-state index in [1.165, 1.54) is 0 Å². The van der Waals surface area contributed by atoms with Crippen LogP contribution in [0.25, 0.3) is 0 Å². The summed E-state index contributed by atoms with van der Waals surface area (Å²) in [4.78, 5) is 0. The third-order valence-corrected chi connectivity index (χ3v) is 4.69. The summed E-state index contributed by atoms with van der Waals surface area (Å²) in [6.07, 6.45) is 0. The fourth-order valence-corrected chi connectivity index (χ4v) is 2.57. The minimum Gasteiger partial charge on any atom is -0.456 e. The van der Waals surface area contributed by atoms with Crippen LogP contribution in [0.2, 0.25) is 0 Å². The molecule has 2 aromatic carbocycles. The van der Waals surface area contributed by atoms with Crippen molar-refractivity contribution in [1.29, 1.82) is 0 Å². The first-order valence-electron chi connectivity index (χ1n) is 5.47. The summed E-state index contributed by atoms with van der Waals surface area (Å²) in [6.45, 7) is 4.11. The van der Waals surface area contributed by atoms with Crippen molar-refractivity contribution in [3.05, 3.63) is 49.5 Å². The maximum Gasteiger partial charge on any atom is 0.140 e. The van der Waals surface area contributed by atoms with Crippen LogP contribution in [-0.2, 0) is 0 Å². The zero-order chi connectivity index (χ0) is 13.3. The van der Waals surface area contributed by atoms with E-state index in [-0.39, 0.29) is 0 Å². The zero-order valence-electron chi connectivity index (χ0n) is 10.1. The molecule has 0 bridgehead atoms. The molecule has 2 nitrogen and oxygen atoms in total. The van der Waals surface area contributed by atoms with E-state index in [0.29, 0.717) is 0 Å². The standard InChI is InChI=1S/C14H13BrINO/c1-8-5-11(6-9(2)14(8)15)18-13-4-3-10(17)7-12(13)16/h3-7H,17H2,1-2H3. The molecular formula is C14H13BrINO. The number of benzene rings is 2. The van der Waals surface area contributed by atoms with Crippen LogP contribution in [0.1, 0.15) is 11.1 Å². The number of ether oxygens (including phenoxy) is 1. The van der Waals surface area contributed by atoms with E-state index in [4.69, 9.17) is 10.5 Å². The van der Waals surface area contributed by atoms with Gasteiger partial charge in [-0.15, -0.1) is 0 Å². The van der Waals surface area contributed by atoms with Crippen molar-refractivity contribution in [2.75, 3.05) is 5.73 Å². The largest absolute Gasteiger partial charge is 0.456 e. The molecule has 0 spiro atoms. The van der Waals surface area contributed by atoms with E-state index in [1.54, 1.807) is 0 Å². The summed E-state index contributed by atoms with van der Waals surface area (Å²) in [6, 6.07) is 9.67. The lowest BCUT2D eigenvalue weighted by atomic mass is 10.1. The van der Waals surface area contributed by atoms with Gasteiger partial charge < -0.3 is 10.5 Å². The van der Waals surface area contributed by atoms with Gasteiger partial charge in [0.25, 0.3) is 0 Å². The van der Waals surface area contributed by atoms with E-state index in [1.807, 2.05) is 30.3 Å². The quantitative estimate of drug-likeness (QED) is 0.548. The topological polar surface area (TPSA) is 35.2 Å². The maximum atomic E-state index is 5.90.